The molecule has 1 atom stereocenters. The zero-order valence-electron chi connectivity index (χ0n) is 8.30. The average Bonchev–Trinajstić information content (AvgIpc) is 2.27. The molecule has 1 unspecified atom stereocenters. The standard InChI is InChI=1S/C10H7NO5/c1-15-8(12)5-3-2-4-6-7(5)11-10(14)16-9(6)13/h2-5H,1H3. The third-order valence-electron chi connectivity index (χ3n) is 2.20. The lowest BCUT2D eigenvalue weighted by Gasteiger charge is -2.20. The topological polar surface area (TPSA) is 82.0 Å². The zero-order chi connectivity index (χ0) is 11.7. The summed E-state index contributed by atoms with van der Waals surface area (Å²) in [5, 5.41) is 0. The molecule has 0 N–H and O–H groups in total. The van der Waals surface area contributed by atoms with Crippen LogP contribution in [0.25, 0.3) is 0 Å². The fourth-order valence-corrected chi connectivity index (χ4v) is 1.48. The van der Waals surface area contributed by atoms with E-state index in [1.54, 1.807) is 0 Å². The number of esters is 2. The smallest absolute Gasteiger partial charge is 0.441 e. The van der Waals surface area contributed by atoms with Gasteiger partial charge in [-0.1, -0.05) is 12.2 Å². The van der Waals surface area contributed by atoms with Gasteiger partial charge in [-0.25, -0.2) is 9.59 Å². The first-order valence-corrected chi connectivity index (χ1v) is 4.45. The molecule has 1 heterocycles. The van der Waals surface area contributed by atoms with Crippen LogP contribution in [0.2, 0.25) is 0 Å². The Morgan fingerprint density at radius 3 is 2.94 bits per heavy atom. The normalized spacial score (nSPS) is 22.9. The van der Waals surface area contributed by atoms with Gasteiger partial charge in [0.25, 0.3) is 0 Å². The summed E-state index contributed by atoms with van der Waals surface area (Å²) in [7, 11) is 1.22. The summed E-state index contributed by atoms with van der Waals surface area (Å²) < 4.78 is 8.85. The van der Waals surface area contributed by atoms with E-state index in [9.17, 15) is 14.4 Å². The van der Waals surface area contributed by atoms with Gasteiger partial charge in [-0.05, 0) is 6.08 Å². The zero-order valence-corrected chi connectivity index (χ0v) is 8.30. The number of aliphatic imine (C=N–C) groups is 1. The van der Waals surface area contributed by atoms with E-state index < -0.39 is 23.9 Å². The molecule has 2 aliphatic rings. The highest BCUT2D eigenvalue weighted by molar-refractivity contribution is 6.31. The highest BCUT2D eigenvalue weighted by Crippen LogP contribution is 2.22. The number of carbonyl (C=O) groups excluding carboxylic acids is 3. The van der Waals surface area contributed by atoms with Crippen LogP contribution < -0.4 is 0 Å². The Balaban J connectivity index is 2.45. The molecule has 1 amide bonds. The summed E-state index contributed by atoms with van der Waals surface area (Å²) in [4.78, 5) is 37.2. The lowest BCUT2D eigenvalue weighted by molar-refractivity contribution is -0.141. The first-order chi connectivity index (χ1) is 7.63. The van der Waals surface area contributed by atoms with Crippen LogP contribution in [0.4, 0.5) is 4.79 Å². The highest BCUT2D eigenvalue weighted by atomic mass is 16.6. The van der Waals surface area contributed by atoms with Gasteiger partial charge in [0.2, 0.25) is 0 Å². The Labute approximate surface area is 90.2 Å². The number of amides is 1. The molecule has 0 spiro atoms. The molecular formula is C10H7NO5. The Kier molecular flexibility index (Phi) is 2.40. The number of carbonyl (C=O) groups is 3. The van der Waals surface area contributed by atoms with Crippen molar-refractivity contribution in [3.8, 4) is 0 Å². The fraction of sp³-hybridized carbons (Fsp3) is 0.200. The number of rotatable bonds is 1. The van der Waals surface area contributed by atoms with Crippen molar-refractivity contribution in [2.45, 2.75) is 0 Å². The first-order valence-electron chi connectivity index (χ1n) is 4.45. The first kappa shape index (κ1) is 10.3. The van der Waals surface area contributed by atoms with E-state index in [2.05, 4.69) is 14.5 Å². The van der Waals surface area contributed by atoms with Crippen LogP contribution in [0.5, 0.6) is 0 Å². The molecule has 0 radical (unpaired) electrons. The van der Waals surface area contributed by atoms with Crippen molar-refractivity contribution in [2.75, 3.05) is 7.11 Å². The van der Waals surface area contributed by atoms with Crippen LogP contribution in [0.3, 0.4) is 0 Å². The van der Waals surface area contributed by atoms with Crippen molar-refractivity contribution >= 4 is 23.7 Å². The monoisotopic (exact) mass is 221 g/mol. The molecule has 0 saturated carbocycles. The Hall–Kier alpha value is -2.24. The minimum atomic E-state index is -1.01. The Morgan fingerprint density at radius 1 is 1.50 bits per heavy atom. The summed E-state index contributed by atoms with van der Waals surface area (Å²) in [5.74, 6) is -2.21. The van der Waals surface area contributed by atoms with Crippen LogP contribution >= 0.6 is 0 Å². The van der Waals surface area contributed by atoms with Crippen LogP contribution in [-0.2, 0) is 19.1 Å². The summed E-state index contributed by atoms with van der Waals surface area (Å²) in [6.45, 7) is 0. The van der Waals surface area contributed by atoms with Gasteiger partial charge in [0.1, 0.15) is 5.92 Å². The maximum absolute atomic E-state index is 11.4. The second-order valence-corrected chi connectivity index (χ2v) is 3.12. The number of cyclic esters (lactones) is 2. The molecule has 1 aliphatic carbocycles. The number of ether oxygens (including phenoxy) is 2. The number of hydrogen-bond donors (Lipinski definition) is 0. The van der Waals surface area contributed by atoms with E-state index in [1.165, 1.54) is 25.3 Å². The lowest BCUT2D eigenvalue weighted by atomic mass is 9.91. The Bertz CT molecular complexity index is 472. The van der Waals surface area contributed by atoms with Gasteiger partial charge in [-0.3, -0.25) is 4.79 Å². The van der Waals surface area contributed by atoms with Crippen LogP contribution in [0.15, 0.2) is 28.8 Å². The third kappa shape index (κ3) is 1.54. The molecular weight excluding hydrogens is 214 g/mol. The number of hydrogen-bond acceptors (Lipinski definition) is 5. The number of methoxy groups -OCH3 is 1. The van der Waals surface area contributed by atoms with Crippen molar-refractivity contribution in [1.82, 2.24) is 0 Å². The molecule has 2 rings (SSSR count). The highest BCUT2D eigenvalue weighted by Gasteiger charge is 2.36. The van der Waals surface area contributed by atoms with Gasteiger partial charge in [-0.15, -0.1) is 0 Å². The SMILES string of the molecule is COC(=O)C1C=CC=C2C(=O)OC(=O)N=C21. The molecule has 1 aliphatic heterocycles. The molecule has 16 heavy (non-hydrogen) atoms. The van der Waals surface area contributed by atoms with E-state index in [1.807, 2.05) is 0 Å². The molecule has 0 aromatic rings. The summed E-state index contributed by atoms with van der Waals surface area (Å²) >= 11 is 0. The summed E-state index contributed by atoms with van der Waals surface area (Å²) in [6, 6.07) is 0. The van der Waals surface area contributed by atoms with Crippen molar-refractivity contribution in [3.63, 3.8) is 0 Å². The second-order valence-electron chi connectivity index (χ2n) is 3.12. The van der Waals surface area contributed by atoms with E-state index >= 15 is 0 Å². The summed E-state index contributed by atoms with van der Waals surface area (Å²) in [5.41, 5.74) is 0.188. The van der Waals surface area contributed by atoms with E-state index in [4.69, 9.17) is 0 Å². The summed E-state index contributed by atoms with van der Waals surface area (Å²) in [6.07, 6.45) is 3.45. The third-order valence-corrected chi connectivity index (χ3v) is 2.20. The van der Waals surface area contributed by atoms with Crippen molar-refractivity contribution in [1.29, 1.82) is 0 Å². The van der Waals surface area contributed by atoms with Crippen molar-refractivity contribution in [3.05, 3.63) is 23.8 Å². The molecule has 6 nitrogen and oxygen atoms in total. The Morgan fingerprint density at radius 2 is 2.25 bits per heavy atom. The second kappa shape index (κ2) is 3.73. The predicted octanol–water partition coefficient (Wildman–Crippen LogP) is 0.390. The fourth-order valence-electron chi connectivity index (χ4n) is 1.48. The number of allylic oxidation sites excluding steroid dienone is 2. The van der Waals surface area contributed by atoms with Crippen LogP contribution in [-0.4, -0.2) is 30.9 Å². The maximum atomic E-state index is 11.4. The number of fused-ring (bicyclic) bond motifs is 1. The predicted molar refractivity (Wildman–Crippen MR) is 51.7 cm³/mol. The van der Waals surface area contributed by atoms with Crippen LogP contribution in [0, 0.1) is 5.92 Å². The number of nitrogens with zero attached hydrogens (tertiary/aromatic N) is 1. The quantitative estimate of drug-likeness (QED) is 0.472. The van der Waals surface area contributed by atoms with Gasteiger partial charge in [0.05, 0.1) is 18.4 Å². The molecule has 0 bridgehead atoms. The van der Waals surface area contributed by atoms with Gasteiger partial charge in [0.15, 0.2) is 0 Å². The van der Waals surface area contributed by atoms with Crippen molar-refractivity contribution < 1.29 is 23.9 Å². The van der Waals surface area contributed by atoms with E-state index in [0.717, 1.165) is 0 Å². The molecule has 0 saturated heterocycles. The van der Waals surface area contributed by atoms with Crippen LogP contribution in [0.1, 0.15) is 0 Å². The molecule has 82 valence electrons. The molecule has 0 aromatic heterocycles. The minimum absolute atomic E-state index is 0.0793. The molecule has 0 fully saturated rings. The largest absolute Gasteiger partial charge is 0.468 e. The molecule has 0 aromatic carbocycles. The van der Waals surface area contributed by atoms with Gasteiger partial charge < -0.3 is 9.47 Å². The van der Waals surface area contributed by atoms with E-state index in [0.29, 0.717) is 0 Å². The van der Waals surface area contributed by atoms with Gasteiger partial charge in [-0.2, -0.15) is 4.99 Å². The van der Waals surface area contributed by atoms with Gasteiger partial charge >= 0.3 is 18.0 Å². The van der Waals surface area contributed by atoms with E-state index in [-0.39, 0.29) is 11.3 Å². The maximum Gasteiger partial charge on any atom is 0.441 e. The lowest BCUT2D eigenvalue weighted by Crippen LogP contribution is -2.34. The molecule has 6 heteroatoms. The van der Waals surface area contributed by atoms with Gasteiger partial charge in [0, 0.05) is 0 Å². The van der Waals surface area contributed by atoms with Crippen molar-refractivity contribution in [2.24, 2.45) is 10.9 Å². The minimum Gasteiger partial charge on any atom is -0.468 e. The average molecular weight is 221 g/mol.